The molecule has 0 aliphatic rings. The van der Waals surface area contributed by atoms with Crippen LogP contribution in [-0.2, 0) is 11.2 Å². The van der Waals surface area contributed by atoms with Gasteiger partial charge in [0.25, 0.3) is 0 Å². The third-order valence-corrected chi connectivity index (χ3v) is 4.57. The van der Waals surface area contributed by atoms with Crippen LogP contribution in [-0.4, -0.2) is 11.5 Å². The predicted octanol–water partition coefficient (Wildman–Crippen LogP) is 5.15. The van der Waals surface area contributed by atoms with Crippen LogP contribution in [0.25, 0.3) is 0 Å². The molecule has 0 unspecified atom stereocenters. The Bertz CT molecular complexity index is 616. The number of halogens is 3. The van der Waals surface area contributed by atoms with Crippen LogP contribution in [0.5, 0.6) is 0 Å². The third-order valence-electron chi connectivity index (χ3n) is 2.62. The molecule has 0 fully saturated rings. The summed E-state index contributed by atoms with van der Waals surface area (Å²) in [6.45, 7) is 0. The average molecular weight is 374 g/mol. The van der Waals surface area contributed by atoms with Crippen LogP contribution in [0.1, 0.15) is 5.56 Å². The number of ketones is 1. The highest BCUT2D eigenvalue weighted by molar-refractivity contribution is 9.10. The van der Waals surface area contributed by atoms with Gasteiger partial charge in [0.15, 0.2) is 0 Å². The first-order chi connectivity index (χ1) is 9.54. The van der Waals surface area contributed by atoms with Crippen molar-refractivity contribution in [1.29, 1.82) is 0 Å². The molecule has 20 heavy (non-hydrogen) atoms. The molecule has 0 atom stereocenters. The molecule has 0 heterocycles. The molecule has 0 radical (unpaired) electrons. The molecule has 0 saturated heterocycles. The molecule has 0 bridgehead atoms. The molecule has 0 aliphatic carbocycles. The largest absolute Gasteiger partial charge is 0.298 e. The monoisotopic (exact) mass is 372 g/mol. The Balaban J connectivity index is 1.90. The van der Waals surface area contributed by atoms with E-state index >= 15 is 0 Å². The minimum absolute atomic E-state index is 0.0615. The number of hydrogen-bond donors (Lipinski definition) is 0. The van der Waals surface area contributed by atoms with E-state index in [9.17, 15) is 9.18 Å². The standard InChI is InChI=1S/C15H11BrClFOS/c16-11-2-5-14(6-3-11)20-9-13(19)7-10-1-4-12(18)8-15(10)17/h1-6,8H,7,9H2. The number of benzene rings is 2. The van der Waals surface area contributed by atoms with Crippen molar-refractivity contribution >= 4 is 45.1 Å². The van der Waals surface area contributed by atoms with Crippen LogP contribution in [0.15, 0.2) is 51.8 Å². The van der Waals surface area contributed by atoms with Gasteiger partial charge in [0.2, 0.25) is 0 Å². The maximum Gasteiger partial charge on any atom is 0.147 e. The van der Waals surface area contributed by atoms with Gasteiger partial charge in [-0.2, -0.15) is 0 Å². The lowest BCUT2D eigenvalue weighted by Crippen LogP contribution is -2.06. The Kier molecular flexibility index (Phi) is 5.64. The molecule has 0 saturated carbocycles. The van der Waals surface area contributed by atoms with Gasteiger partial charge in [-0.3, -0.25) is 4.79 Å². The van der Waals surface area contributed by atoms with Gasteiger partial charge in [-0.05, 0) is 42.0 Å². The Labute approximate surface area is 134 Å². The van der Waals surface area contributed by atoms with Gasteiger partial charge in [0.1, 0.15) is 11.6 Å². The van der Waals surface area contributed by atoms with Crippen molar-refractivity contribution in [2.75, 3.05) is 5.75 Å². The Morgan fingerprint density at radius 3 is 2.55 bits per heavy atom. The van der Waals surface area contributed by atoms with E-state index in [4.69, 9.17) is 11.6 Å². The minimum Gasteiger partial charge on any atom is -0.298 e. The Hall–Kier alpha value is -0.840. The number of carbonyl (C=O) groups excluding carboxylic acids is 1. The van der Waals surface area contributed by atoms with Crippen molar-refractivity contribution in [3.63, 3.8) is 0 Å². The molecule has 5 heteroatoms. The normalized spacial score (nSPS) is 10.6. The summed E-state index contributed by atoms with van der Waals surface area (Å²) >= 11 is 10.7. The van der Waals surface area contributed by atoms with Crippen LogP contribution in [0.3, 0.4) is 0 Å². The van der Waals surface area contributed by atoms with Gasteiger partial charge in [-0.15, -0.1) is 11.8 Å². The summed E-state index contributed by atoms with van der Waals surface area (Å²) in [6, 6.07) is 11.9. The lowest BCUT2D eigenvalue weighted by Gasteiger charge is -2.04. The van der Waals surface area contributed by atoms with Crippen LogP contribution in [0, 0.1) is 5.82 Å². The zero-order valence-electron chi connectivity index (χ0n) is 10.4. The average Bonchev–Trinajstić information content (AvgIpc) is 2.41. The first kappa shape index (κ1) is 15.5. The van der Waals surface area contributed by atoms with E-state index < -0.39 is 5.82 Å². The summed E-state index contributed by atoms with van der Waals surface area (Å²) < 4.78 is 13.9. The SMILES string of the molecule is O=C(CSc1ccc(Br)cc1)Cc1ccc(F)cc1Cl. The number of hydrogen-bond acceptors (Lipinski definition) is 2. The fourth-order valence-corrected chi connectivity index (χ4v) is 2.88. The van der Waals surface area contributed by atoms with E-state index in [1.54, 1.807) is 6.07 Å². The molecule has 2 aromatic rings. The molecule has 2 aromatic carbocycles. The second kappa shape index (κ2) is 7.25. The lowest BCUT2D eigenvalue weighted by molar-refractivity contribution is -0.116. The smallest absolute Gasteiger partial charge is 0.147 e. The highest BCUT2D eigenvalue weighted by Crippen LogP contribution is 2.22. The second-order valence-electron chi connectivity index (χ2n) is 4.19. The highest BCUT2D eigenvalue weighted by Gasteiger charge is 2.09. The minimum atomic E-state index is -0.393. The summed E-state index contributed by atoms with van der Waals surface area (Å²) in [4.78, 5) is 12.9. The molecule has 0 amide bonds. The highest BCUT2D eigenvalue weighted by atomic mass is 79.9. The zero-order valence-corrected chi connectivity index (χ0v) is 13.6. The fraction of sp³-hybridized carbons (Fsp3) is 0.133. The summed E-state index contributed by atoms with van der Waals surface area (Å²) in [7, 11) is 0. The van der Waals surface area contributed by atoms with Crippen molar-refractivity contribution in [3.8, 4) is 0 Å². The van der Waals surface area contributed by atoms with Gasteiger partial charge in [-0.1, -0.05) is 33.6 Å². The zero-order chi connectivity index (χ0) is 14.5. The van der Waals surface area contributed by atoms with E-state index in [0.717, 1.165) is 9.37 Å². The maximum absolute atomic E-state index is 12.9. The van der Waals surface area contributed by atoms with E-state index in [1.165, 1.54) is 23.9 Å². The van der Waals surface area contributed by atoms with Gasteiger partial charge in [0, 0.05) is 20.8 Å². The van der Waals surface area contributed by atoms with Crippen molar-refractivity contribution in [1.82, 2.24) is 0 Å². The number of carbonyl (C=O) groups is 1. The van der Waals surface area contributed by atoms with E-state index in [2.05, 4.69) is 15.9 Å². The summed E-state index contributed by atoms with van der Waals surface area (Å²) in [5.41, 5.74) is 0.662. The summed E-state index contributed by atoms with van der Waals surface area (Å²) in [5.74, 6) is 0.0388. The number of rotatable bonds is 5. The lowest BCUT2D eigenvalue weighted by atomic mass is 10.1. The van der Waals surface area contributed by atoms with Crippen LogP contribution in [0.4, 0.5) is 4.39 Å². The Morgan fingerprint density at radius 2 is 1.90 bits per heavy atom. The molecule has 0 spiro atoms. The quantitative estimate of drug-likeness (QED) is 0.675. The maximum atomic E-state index is 12.9. The van der Waals surface area contributed by atoms with E-state index in [1.807, 2.05) is 24.3 Å². The first-order valence-corrected chi connectivity index (χ1v) is 8.04. The molecule has 0 aromatic heterocycles. The Morgan fingerprint density at radius 1 is 1.20 bits per heavy atom. The van der Waals surface area contributed by atoms with Gasteiger partial charge in [-0.25, -0.2) is 4.39 Å². The third kappa shape index (κ3) is 4.62. The van der Waals surface area contributed by atoms with Crippen molar-refractivity contribution in [2.45, 2.75) is 11.3 Å². The van der Waals surface area contributed by atoms with E-state index in [-0.39, 0.29) is 12.2 Å². The molecule has 1 nitrogen and oxygen atoms in total. The second-order valence-corrected chi connectivity index (χ2v) is 6.57. The molecule has 2 rings (SSSR count). The van der Waals surface area contributed by atoms with Crippen molar-refractivity contribution in [2.24, 2.45) is 0 Å². The molecule has 0 aliphatic heterocycles. The molecular weight excluding hydrogens is 363 g/mol. The van der Waals surface area contributed by atoms with Gasteiger partial charge in [0.05, 0.1) is 5.75 Å². The summed E-state index contributed by atoms with van der Waals surface area (Å²) in [6.07, 6.45) is 0.225. The molecule has 104 valence electrons. The number of thioether (sulfide) groups is 1. The predicted molar refractivity (Wildman–Crippen MR) is 85.0 cm³/mol. The molecular formula is C15H11BrClFOS. The van der Waals surface area contributed by atoms with Crippen LogP contribution in [0.2, 0.25) is 5.02 Å². The van der Waals surface area contributed by atoms with Gasteiger partial charge < -0.3 is 0 Å². The number of Topliss-reactive ketones (excluding diaryl/α,β-unsaturated/α-hetero) is 1. The fourth-order valence-electron chi connectivity index (χ4n) is 1.62. The van der Waals surface area contributed by atoms with Crippen LogP contribution >= 0.6 is 39.3 Å². The first-order valence-electron chi connectivity index (χ1n) is 5.88. The van der Waals surface area contributed by atoms with Crippen LogP contribution < -0.4 is 0 Å². The molecule has 0 N–H and O–H groups in total. The van der Waals surface area contributed by atoms with Crippen molar-refractivity contribution < 1.29 is 9.18 Å². The summed E-state index contributed by atoms with van der Waals surface area (Å²) in [5, 5.41) is 0.298. The van der Waals surface area contributed by atoms with Gasteiger partial charge >= 0.3 is 0 Å². The van der Waals surface area contributed by atoms with E-state index in [0.29, 0.717) is 16.3 Å². The topological polar surface area (TPSA) is 17.1 Å². The van der Waals surface area contributed by atoms with Crippen molar-refractivity contribution in [3.05, 3.63) is 63.3 Å².